The molecule has 0 spiro atoms. The molecule has 128 valence electrons. The van der Waals surface area contributed by atoms with Crippen LogP contribution in [0.3, 0.4) is 0 Å². The second kappa shape index (κ2) is 6.54. The number of aromatic nitrogens is 3. The number of aromatic amines is 1. The quantitative estimate of drug-likeness (QED) is 0.437. The molecule has 2 aromatic heterocycles. The Morgan fingerprint density at radius 1 is 0.630 bits per heavy atom. The van der Waals surface area contributed by atoms with Crippen LogP contribution in [-0.4, -0.2) is 15.0 Å². The molecule has 0 aliphatic carbocycles. The zero-order valence-electron chi connectivity index (χ0n) is 14.6. The van der Waals surface area contributed by atoms with E-state index in [1.54, 1.807) is 0 Å². The zero-order valence-corrected chi connectivity index (χ0v) is 14.6. The Balaban J connectivity index is 1.70. The number of fused-ring (bicyclic) bond motifs is 1. The summed E-state index contributed by atoms with van der Waals surface area (Å²) in [6.07, 6.45) is 1.82. The molecule has 3 heteroatoms. The minimum atomic E-state index is 0.847. The Hall–Kier alpha value is -3.72. The summed E-state index contributed by atoms with van der Waals surface area (Å²) in [7, 11) is 0. The van der Waals surface area contributed by atoms with Crippen molar-refractivity contribution in [3.8, 4) is 33.9 Å². The van der Waals surface area contributed by atoms with Gasteiger partial charge < -0.3 is 4.98 Å². The Labute approximate surface area is 157 Å². The first-order chi connectivity index (χ1) is 13.4. The Kier molecular flexibility index (Phi) is 3.76. The van der Waals surface area contributed by atoms with Crippen molar-refractivity contribution in [1.29, 1.82) is 0 Å². The van der Waals surface area contributed by atoms with E-state index in [1.165, 1.54) is 0 Å². The fourth-order valence-electron chi connectivity index (χ4n) is 3.34. The van der Waals surface area contributed by atoms with Crippen molar-refractivity contribution >= 4 is 10.9 Å². The third-order valence-electron chi connectivity index (χ3n) is 4.69. The van der Waals surface area contributed by atoms with E-state index in [4.69, 9.17) is 4.98 Å². The van der Waals surface area contributed by atoms with Gasteiger partial charge in [-0.3, -0.25) is 4.98 Å². The fourth-order valence-corrected chi connectivity index (χ4v) is 3.34. The molecule has 5 aromatic rings. The van der Waals surface area contributed by atoms with Crippen molar-refractivity contribution in [2.24, 2.45) is 0 Å². The van der Waals surface area contributed by atoms with Gasteiger partial charge >= 0.3 is 0 Å². The zero-order chi connectivity index (χ0) is 18.1. The molecule has 2 heterocycles. The van der Waals surface area contributed by atoms with Crippen molar-refractivity contribution in [2.45, 2.75) is 0 Å². The SMILES string of the molecule is c1ccc(-c2nc(-c3ccc4cccnc4c3)[nH]c2-c2ccccc2)cc1. The van der Waals surface area contributed by atoms with Gasteiger partial charge in [-0.1, -0.05) is 78.9 Å². The van der Waals surface area contributed by atoms with E-state index < -0.39 is 0 Å². The largest absolute Gasteiger partial charge is 0.337 e. The number of nitrogens with one attached hydrogen (secondary N) is 1. The smallest absolute Gasteiger partial charge is 0.138 e. The lowest BCUT2D eigenvalue weighted by Gasteiger charge is -2.02. The van der Waals surface area contributed by atoms with E-state index in [1.807, 2.05) is 48.7 Å². The van der Waals surface area contributed by atoms with Crippen LogP contribution in [-0.2, 0) is 0 Å². The van der Waals surface area contributed by atoms with Gasteiger partial charge in [0.1, 0.15) is 5.82 Å². The molecule has 3 nitrogen and oxygen atoms in total. The molecule has 0 bridgehead atoms. The average Bonchev–Trinajstić information content (AvgIpc) is 3.20. The summed E-state index contributed by atoms with van der Waals surface area (Å²) in [5.41, 5.74) is 6.19. The first-order valence-corrected chi connectivity index (χ1v) is 8.94. The highest BCUT2D eigenvalue weighted by Gasteiger charge is 2.15. The highest BCUT2D eigenvalue weighted by molar-refractivity contribution is 5.85. The molecule has 0 aliphatic heterocycles. The van der Waals surface area contributed by atoms with Crippen molar-refractivity contribution in [1.82, 2.24) is 15.0 Å². The second-order valence-electron chi connectivity index (χ2n) is 6.45. The van der Waals surface area contributed by atoms with Gasteiger partial charge in [-0.25, -0.2) is 4.98 Å². The van der Waals surface area contributed by atoms with Gasteiger partial charge in [0.05, 0.1) is 16.9 Å². The van der Waals surface area contributed by atoms with E-state index in [9.17, 15) is 0 Å². The Morgan fingerprint density at radius 2 is 1.37 bits per heavy atom. The maximum atomic E-state index is 4.95. The molecular formula is C24H17N3. The molecule has 1 N–H and O–H groups in total. The number of H-pyrrole nitrogens is 1. The maximum Gasteiger partial charge on any atom is 0.138 e. The van der Waals surface area contributed by atoms with Crippen molar-refractivity contribution in [3.63, 3.8) is 0 Å². The lowest BCUT2D eigenvalue weighted by molar-refractivity contribution is 1.31. The average molecular weight is 347 g/mol. The number of hydrogen-bond acceptors (Lipinski definition) is 2. The van der Waals surface area contributed by atoms with Gasteiger partial charge in [0.15, 0.2) is 0 Å². The number of nitrogens with zero attached hydrogens (tertiary/aromatic N) is 2. The molecule has 0 atom stereocenters. The van der Waals surface area contributed by atoms with E-state index >= 15 is 0 Å². The van der Waals surface area contributed by atoms with Gasteiger partial charge in [0, 0.05) is 28.3 Å². The summed E-state index contributed by atoms with van der Waals surface area (Å²) in [6, 6.07) is 30.9. The summed E-state index contributed by atoms with van der Waals surface area (Å²) < 4.78 is 0. The van der Waals surface area contributed by atoms with Crippen LogP contribution in [0.1, 0.15) is 0 Å². The first-order valence-electron chi connectivity index (χ1n) is 8.94. The molecular weight excluding hydrogens is 330 g/mol. The lowest BCUT2D eigenvalue weighted by Crippen LogP contribution is -1.83. The number of imidazole rings is 1. The van der Waals surface area contributed by atoms with Gasteiger partial charge in [0.2, 0.25) is 0 Å². The van der Waals surface area contributed by atoms with Gasteiger partial charge in [0.25, 0.3) is 0 Å². The molecule has 0 radical (unpaired) electrons. The highest BCUT2D eigenvalue weighted by Crippen LogP contribution is 2.33. The number of pyridine rings is 1. The molecule has 5 rings (SSSR count). The number of rotatable bonds is 3. The van der Waals surface area contributed by atoms with E-state index in [0.29, 0.717) is 0 Å². The van der Waals surface area contributed by atoms with Crippen LogP contribution in [0, 0.1) is 0 Å². The highest BCUT2D eigenvalue weighted by atomic mass is 14.9. The molecule has 0 unspecified atom stereocenters. The minimum Gasteiger partial charge on any atom is -0.337 e. The van der Waals surface area contributed by atoms with Crippen LogP contribution in [0.2, 0.25) is 0 Å². The van der Waals surface area contributed by atoms with Gasteiger partial charge in [-0.15, -0.1) is 0 Å². The Bertz CT molecular complexity index is 1150. The van der Waals surface area contributed by atoms with Crippen LogP contribution in [0.5, 0.6) is 0 Å². The molecule has 0 saturated carbocycles. The molecule has 0 fully saturated rings. The topological polar surface area (TPSA) is 41.6 Å². The van der Waals surface area contributed by atoms with Crippen LogP contribution in [0.4, 0.5) is 0 Å². The van der Waals surface area contributed by atoms with Crippen molar-refractivity contribution < 1.29 is 0 Å². The van der Waals surface area contributed by atoms with E-state index in [2.05, 4.69) is 58.5 Å². The normalized spacial score (nSPS) is 11.0. The monoisotopic (exact) mass is 347 g/mol. The van der Waals surface area contributed by atoms with Crippen molar-refractivity contribution in [3.05, 3.63) is 97.2 Å². The third kappa shape index (κ3) is 2.89. The summed E-state index contributed by atoms with van der Waals surface area (Å²) in [6.45, 7) is 0. The minimum absolute atomic E-state index is 0.847. The van der Waals surface area contributed by atoms with Gasteiger partial charge in [-0.2, -0.15) is 0 Å². The predicted molar refractivity (Wildman–Crippen MR) is 110 cm³/mol. The van der Waals surface area contributed by atoms with E-state index in [-0.39, 0.29) is 0 Å². The molecule has 0 saturated heterocycles. The van der Waals surface area contributed by atoms with Gasteiger partial charge in [-0.05, 0) is 12.1 Å². The van der Waals surface area contributed by atoms with Crippen LogP contribution in [0.25, 0.3) is 44.8 Å². The number of benzene rings is 3. The lowest BCUT2D eigenvalue weighted by atomic mass is 10.1. The molecule has 0 aliphatic rings. The summed E-state index contributed by atoms with van der Waals surface area (Å²) in [4.78, 5) is 13.0. The fraction of sp³-hybridized carbons (Fsp3) is 0. The van der Waals surface area contributed by atoms with Crippen LogP contribution in [0.15, 0.2) is 97.2 Å². The van der Waals surface area contributed by atoms with Crippen LogP contribution < -0.4 is 0 Å². The number of hydrogen-bond donors (Lipinski definition) is 1. The summed E-state index contributed by atoms with van der Waals surface area (Å²) in [5, 5.41) is 1.12. The summed E-state index contributed by atoms with van der Waals surface area (Å²) in [5.74, 6) is 0.847. The second-order valence-corrected chi connectivity index (χ2v) is 6.45. The predicted octanol–water partition coefficient (Wildman–Crippen LogP) is 5.96. The first kappa shape index (κ1) is 15.5. The van der Waals surface area contributed by atoms with Crippen molar-refractivity contribution in [2.75, 3.05) is 0 Å². The Morgan fingerprint density at radius 3 is 2.15 bits per heavy atom. The maximum absolute atomic E-state index is 4.95. The van der Waals surface area contributed by atoms with Crippen LogP contribution >= 0.6 is 0 Å². The summed E-state index contributed by atoms with van der Waals surface area (Å²) >= 11 is 0. The van der Waals surface area contributed by atoms with E-state index in [0.717, 1.165) is 44.8 Å². The third-order valence-corrected chi connectivity index (χ3v) is 4.69. The molecule has 27 heavy (non-hydrogen) atoms. The standard InChI is InChI=1S/C24H17N3/c1-3-8-18(9-4-1)22-23(19-10-5-2-6-11-19)27-24(26-22)20-14-13-17-12-7-15-25-21(17)16-20/h1-16H,(H,26,27). The molecule has 0 amide bonds. The molecule has 3 aromatic carbocycles.